The predicted octanol–water partition coefficient (Wildman–Crippen LogP) is 4.14. The van der Waals surface area contributed by atoms with Crippen molar-refractivity contribution in [2.75, 3.05) is 37.7 Å². The monoisotopic (exact) mass is 591 g/mol. The summed E-state index contributed by atoms with van der Waals surface area (Å²) in [6.07, 6.45) is 8.41. The Bertz CT molecular complexity index is 1720. The fourth-order valence-electron chi connectivity index (χ4n) is 6.10. The molecule has 2 fully saturated rings. The second-order valence-corrected chi connectivity index (χ2v) is 12.9. The fraction of sp³-hybridized carbons (Fsp3) is 0.467. The first-order chi connectivity index (χ1) is 20.4. The number of aromatic amines is 1. The molecule has 0 unspecified atom stereocenters. The van der Waals surface area contributed by atoms with Gasteiger partial charge in [-0.2, -0.15) is 4.31 Å². The Kier molecular flexibility index (Phi) is 8.00. The number of hydrogen-bond donors (Lipinski definition) is 1. The molecule has 0 radical (unpaired) electrons. The highest BCUT2D eigenvalue weighted by Gasteiger charge is 2.30. The minimum absolute atomic E-state index is 0.126. The average Bonchev–Trinajstić information content (AvgIpc) is 3.15. The molecule has 222 valence electrons. The van der Waals surface area contributed by atoms with Gasteiger partial charge in [0.25, 0.3) is 5.56 Å². The van der Waals surface area contributed by atoms with Gasteiger partial charge in [-0.15, -0.1) is 5.10 Å². The Morgan fingerprint density at radius 2 is 1.79 bits per heavy atom. The molecule has 6 rings (SSSR count). The van der Waals surface area contributed by atoms with Gasteiger partial charge in [-0.25, -0.2) is 22.9 Å². The number of pyridine rings is 1. The number of sulfonamides is 1. The zero-order valence-electron chi connectivity index (χ0n) is 24.1. The van der Waals surface area contributed by atoms with Crippen molar-refractivity contribution in [3.63, 3.8) is 0 Å². The molecular formula is C30H37N7O4S. The SMILES string of the molecule is CCOc1ccc(S(=O)(=O)N2CCN(c3ccccn3)CC2)cc1-c1nn2c(C3CCCCCC3)nc(C)c2c(=O)[nH]1. The third kappa shape index (κ3) is 5.40. The number of rotatable bonds is 7. The van der Waals surface area contributed by atoms with Gasteiger partial charge in [-0.05, 0) is 57.0 Å². The number of nitrogens with one attached hydrogen (secondary N) is 1. The van der Waals surface area contributed by atoms with E-state index in [-0.39, 0.29) is 22.2 Å². The first-order valence-electron chi connectivity index (χ1n) is 14.8. The number of ether oxygens (including phenoxy) is 1. The van der Waals surface area contributed by atoms with Gasteiger partial charge in [0.05, 0.1) is 22.8 Å². The number of aryl methyl sites for hydroxylation is 1. The average molecular weight is 592 g/mol. The number of anilines is 1. The number of piperazine rings is 1. The number of nitrogens with zero attached hydrogens (tertiary/aromatic N) is 6. The van der Waals surface area contributed by atoms with Gasteiger partial charge in [0.15, 0.2) is 11.3 Å². The van der Waals surface area contributed by atoms with E-state index < -0.39 is 10.0 Å². The number of aromatic nitrogens is 5. The molecule has 11 nitrogen and oxygen atoms in total. The van der Waals surface area contributed by atoms with E-state index in [1.165, 1.54) is 17.1 Å². The highest BCUT2D eigenvalue weighted by Crippen LogP contribution is 2.34. The van der Waals surface area contributed by atoms with Crippen LogP contribution < -0.4 is 15.2 Å². The molecule has 1 N–H and O–H groups in total. The Balaban J connectivity index is 1.36. The Morgan fingerprint density at radius 3 is 2.48 bits per heavy atom. The third-order valence-electron chi connectivity index (χ3n) is 8.28. The zero-order chi connectivity index (χ0) is 29.3. The summed E-state index contributed by atoms with van der Waals surface area (Å²) in [5, 5.41) is 4.85. The number of benzene rings is 1. The third-order valence-corrected chi connectivity index (χ3v) is 10.2. The van der Waals surface area contributed by atoms with Crippen LogP contribution in [0.1, 0.15) is 62.9 Å². The highest BCUT2D eigenvalue weighted by molar-refractivity contribution is 7.89. The molecule has 42 heavy (non-hydrogen) atoms. The molecule has 1 aliphatic heterocycles. The van der Waals surface area contributed by atoms with E-state index in [1.54, 1.807) is 28.9 Å². The first kappa shape index (κ1) is 28.4. The number of hydrogen-bond acceptors (Lipinski definition) is 8. The molecule has 0 atom stereocenters. The molecule has 2 aliphatic rings. The topological polar surface area (TPSA) is 126 Å². The van der Waals surface area contributed by atoms with Crippen LogP contribution in [-0.4, -0.2) is 70.1 Å². The lowest BCUT2D eigenvalue weighted by Crippen LogP contribution is -2.48. The summed E-state index contributed by atoms with van der Waals surface area (Å²) < 4.78 is 36.7. The van der Waals surface area contributed by atoms with Crippen LogP contribution in [0.3, 0.4) is 0 Å². The first-order valence-corrected chi connectivity index (χ1v) is 16.2. The maximum atomic E-state index is 13.8. The van der Waals surface area contributed by atoms with E-state index in [4.69, 9.17) is 14.8 Å². The second kappa shape index (κ2) is 11.8. The molecular weight excluding hydrogens is 554 g/mol. The molecule has 1 saturated carbocycles. The summed E-state index contributed by atoms with van der Waals surface area (Å²) in [6.45, 7) is 5.81. The second-order valence-electron chi connectivity index (χ2n) is 11.0. The summed E-state index contributed by atoms with van der Waals surface area (Å²) in [6, 6.07) is 10.5. The summed E-state index contributed by atoms with van der Waals surface area (Å²) in [7, 11) is -3.82. The highest BCUT2D eigenvalue weighted by atomic mass is 32.2. The van der Waals surface area contributed by atoms with Gasteiger partial charge in [0.2, 0.25) is 10.0 Å². The van der Waals surface area contributed by atoms with E-state index in [0.29, 0.717) is 55.3 Å². The molecule has 1 aromatic carbocycles. The molecule has 0 spiro atoms. The number of H-pyrrole nitrogens is 1. The van der Waals surface area contributed by atoms with Crippen LogP contribution in [0, 0.1) is 6.92 Å². The van der Waals surface area contributed by atoms with Crippen LogP contribution in [-0.2, 0) is 10.0 Å². The predicted molar refractivity (Wildman–Crippen MR) is 161 cm³/mol. The summed E-state index contributed by atoms with van der Waals surface area (Å²) in [4.78, 5) is 27.7. The molecule has 4 heterocycles. The summed E-state index contributed by atoms with van der Waals surface area (Å²) >= 11 is 0. The quantitative estimate of drug-likeness (QED) is 0.318. The smallest absolute Gasteiger partial charge is 0.277 e. The molecule has 0 amide bonds. The van der Waals surface area contributed by atoms with E-state index in [1.807, 2.05) is 32.0 Å². The van der Waals surface area contributed by atoms with E-state index in [2.05, 4.69) is 14.9 Å². The van der Waals surface area contributed by atoms with Crippen molar-refractivity contribution < 1.29 is 13.2 Å². The van der Waals surface area contributed by atoms with E-state index in [0.717, 1.165) is 37.3 Å². The summed E-state index contributed by atoms with van der Waals surface area (Å²) in [5.74, 6) is 2.55. The normalized spacial score (nSPS) is 17.4. The molecule has 12 heteroatoms. The van der Waals surface area contributed by atoms with Gasteiger partial charge in [0, 0.05) is 38.3 Å². The standard InChI is InChI=1S/C30H37N7O4S/c1-3-41-25-14-13-23(42(39,40)36-18-16-35(17-19-36)26-12-8-9-15-31-26)20-24(25)28-33-30(38)27-21(2)32-29(37(27)34-28)22-10-6-4-5-7-11-22/h8-9,12-15,20,22H,3-7,10-11,16-19H2,1-2H3,(H,33,34,38). The van der Waals surface area contributed by atoms with Crippen LogP contribution in [0.4, 0.5) is 5.82 Å². The van der Waals surface area contributed by atoms with Gasteiger partial charge >= 0.3 is 0 Å². The van der Waals surface area contributed by atoms with Crippen molar-refractivity contribution in [2.45, 2.75) is 63.2 Å². The fourth-order valence-corrected chi connectivity index (χ4v) is 7.55. The van der Waals surface area contributed by atoms with Crippen molar-refractivity contribution in [2.24, 2.45) is 0 Å². The van der Waals surface area contributed by atoms with Crippen LogP contribution in [0.5, 0.6) is 5.75 Å². The van der Waals surface area contributed by atoms with Crippen molar-refractivity contribution in [3.05, 3.63) is 64.5 Å². The molecule has 3 aromatic heterocycles. The van der Waals surface area contributed by atoms with Crippen LogP contribution >= 0.6 is 0 Å². The number of imidazole rings is 1. The van der Waals surface area contributed by atoms with Crippen molar-refractivity contribution >= 4 is 21.4 Å². The largest absolute Gasteiger partial charge is 0.493 e. The maximum Gasteiger partial charge on any atom is 0.277 e. The lowest BCUT2D eigenvalue weighted by Gasteiger charge is -2.34. The minimum Gasteiger partial charge on any atom is -0.493 e. The zero-order valence-corrected chi connectivity index (χ0v) is 24.9. The van der Waals surface area contributed by atoms with Crippen LogP contribution in [0.15, 0.2) is 52.3 Å². The van der Waals surface area contributed by atoms with E-state index >= 15 is 0 Å². The minimum atomic E-state index is -3.82. The molecule has 1 saturated heterocycles. The van der Waals surface area contributed by atoms with E-state index in [9.17, 15) is 13.2 Å². The lowest BCUT2D eigenvalue weighted by atomic mass is 10.00. The molecule has 1 aliphatic carbocycles. The Hall–Kier alpha value is -3.77. The molecule has 0 bridgehead atoms. The van der Waals surface area contributed by atoms with Crippen molar-refractivity contribution in [3.8, 4) is 17.1 Å². The van der Waals surface area contributed by atoms with Crippen LogP contribution in [0.2, 0.25) is 0 Å². The van der Waals surface area contributed by atoms with Gasteiger partial charge < -0.3 is 14.6 Å². The van der Waals surface area contributed by atoms with Crippen molar-refractivity contribution in [1.82, 2.24) is 28.9 Å². The van der Waals surface area contributed by atoms with Gasteiger partial charge in [-0.3, -0.25) is 4.79 Å². The van der Waals surface area contributed by atoms with Gasteiger partial charge in [0.1, 0.15) is 17.4 Å². The Morgan fingerprint density at radius 1 is 1.02 bits per heavy atom. The van der Waals surface area contributed by atoms with Crippen LogP contribution in [0.25, 0.3) is 16.9 Å². The summed E-state index contributed by atoms with van der Waals surface area (Å²) in [5.41, 5.74) is 1.17. The maximum absolute atomic E-state index is 13.8. The van der Waals surface area contributed by atoms with Gasteiger partial charge in [-0.1, -0.05) is 31.7 Å². The lowest BCUT2D eigenvalue weighted by molar-refractivity contribution is 0.341. The number of fused-ring (bicyclic) bond motifs is 1. The Labute approximate surface area is 245 Å². The molecule has 4 aromatic rings. The van der Waals surface area contributed by atoms with Crippen molar-refractivity contribution in [1.29, 1.82) is 0 Å².